The van der Waals surface area contributed by atoms with Gasteiger partial charge in [0.05, 0.1) is 10.6 Å². The smallest absolute Gasteiger partial charge is 0.264 e. The lowest BCUT2D eigenvalue weighted by atomic mass is 10.1. The summed E-state index contributed by atoms with van der Waals surface area (Å²) in [6.07, 6.45) is 2.13. The highest BCUT2D eigenvalue weighted by Gasteiger charge is 2.28. The number of aryl methyl sites for hydroxylation is 1. The van der Waals surface area contributed by atoms with Gasteiger partial charge in [-0.3, -0.25) is 13.9 Å². The number of sulfonamides is 1. The van der Waals surface area contributed by atoms with Crippen LogP contribution in [0.4, 0.5) is 11.4 Å². The molecule has 7 nitrogen and oxygen atoms in total. The number of hydrogen-bond donors (Lipinski definition) is 1. The third kappa shape index (κ3) is 3.89. The monoisotopic (exact) mass is 487 g/mol. The molecule has 0 bridgehead atoms. The van der Waals surface area contributed by atoms with E-state index in [2.05, 4.69) is 4.98 Å². The molecule has 1 aromatic heterocycles. The fourth-order valence-corrected chi connectivity index (χ4v) is 6.11. The van der Waals surface area contributed by atoms with Crippen LogP contribution in [0.1, 0.15) is 28.4 Å². The van der Waals surface area contributed by atoms with Gasteiger partial charge in [0.2, 0.25) is 5.43 Å². The largest absolute Gasteiger partial charge is 0.360 e. The Balaban J connectivity index is 1.57. The number of benzene rings is 3. The van der Waals surface area contributed by atoms with Gasteiger partial charge in [0, 0.05) is 35.9 Å². The maximum atomic E-state index is 13.5. The lowest BCUT2D eigenvalue weighted by Crippen LogP contribution is -2.33. The van der Waals surface area contributed by atoms with E-state index < -0.39 is 21.4 Å². The van der Waals surface area contributed by atoms with Crippen LogP contribution < -0.4 is 14.6 Å². The number of aromatic amines is 1. The van der Waals surface area contributed by atoms with Crippen LogP contribution in [0.5, 0.6) is 0 Å². The van der Waals surface area contributed by atoms with Crippen molar-refractivity contribution in [3.05, 3.63) is 99.8 Å². The number of fused-ring (bicyclic) bond motifs is 2. The number of carbonyl (C=O) groups excluding carboxylic acids is 1. The summed E-state index contributed by atoms with van der Waals surface area (Å²) in [5, 5.41) is 0.157. The van der Waals surface area contributed by atoms with Crippen LogP contribution in [0.25, 0.3) is 10.9 Å². The Morgan fingerprint density at radius 3 is 2.63 bits per heavy atom. The normalized spacial score (nSPS) is 13.1. The summed E-state index contributed by atoms with van der Waals surface area (Å²) in [6, 6.07) is 19.3. The molecule has 1 amide bonds. The predicted molar refractivity (Wildman–Crippen MR) is 138 cm³/mol. The van der Waals surface area contributed by atoms with Gasteiger partial charge in [-0.05, 0) is 67.8 Å². The first-order chi connectivity index (χ1) is 16.8. The van der Waals surface area contributed by atoms with Crippen molar-refractivity contribution >= 4 is 38.2 Å². The molecular formula is C27H25N3O4S. The van der Waals surface area contributed by atoms with Crippen LogP contribution >= 0.6 is 0 Å². The van der Waals surface area contributed by atoms with E-state index in [1.807, 2.05) is 43.3 Å². The number of rotatable bonds is 5. The highest BCUT2D eigenvalue weighted by atomic mass is 32.2. The fourth-order valence-electron chi connectivity index (χ4n) is 4.61. The molecule has 0 fully saturated rings. The Labute approximate surface area is 203 Å². The van der Waals surface area contributed by atoms with E-state index in [9.17, 15) is 18.0 Å². The summed E-state index contributed by atoms with van der Waals surface area (Å²) < 4.78 is 28.4. The third-order valence-electron chi connectivity index (χ3n) is 6.38. The molecular weight excluding hydrogens is 462 g/mol. The fraction of sp³-hybridized carbons (Fsp3) is 0.185. The van der Waals surface area contributed by atoms with Crippen molar-refractivity contribution < 1.29 is 13.2 Å². The minimum atomic E-state index is -3.93. The lowest BCUT2D eigenvalue weighted by Gasteiger charge is -2.23. The number of carbonyl (C=O) groups is 1. The van der Waals surface area contributed by atoms with Gasteiger partial charge >= 0.3 is 0 Å². The predicted octanol–water partition coefficient (Wildman–Crippen LogP) is 4.25. The van der Waals surface area contributed by atoms with Gasteiger partial charge in [-0.1, -0.05) is 30.3 Å². The molecule has 0 radical (unpaired) electrons. The summed E-state index contributed by atoms with van der Waals surface area (Å²) in [7, 11) is -3.93. The summed E-state index contributed by atoms with van der Waals surface area (Å²) in [6.45, 7) is 4.38. The summed E-state index contributed by atoms with van der Waals surface area (Å²) >= 11 is 0. The number of aromatic nitrogens is 1. The average molecular weight is 488 g/mol. The van der Waals surface area contributed by atoms with E-state index in [0.717, 1.165) is 23.2 Å². The number of H-pyrrole nitrogens is 1. The molecule has 0 saturated carbocycles. The molecule has 0 saturated heterocycles. The van der Waals surface area contributed by atoms with E-state index in [4.69, 9.17) is 0 Å². The van der Waals surface area contributed by atoms with Gasteiger partial charge in [0.1, 0.15) is 5.56 Å². The van der Waals surface area contributed by atoms with E-state index in [-0.39, 0.29) is 22.4 Å². The van der Waals surface area contributed by atoms with Crippen molar-refractivity contribution in [3.8, 4) is 0 Å². The standard InChI is InChI=1S/C27H25N3O4S/c1-3-30(20-9-6-7-18(2)15-20)35(33,34)21-11-12-24-22(16-21)26(31)23(17-28-24)27(32)29-14-13-19-8-4-5-10-25(19)29/h4-12,15-17H,3,13-14H2,1-2H3,(H,28,31). The van der Waals surface area contributed by atoms with Gasteiger partial charge in [-0.2, -0.15) is 0 Å². The van der Waals surface area contributed by atoms with E-state index in [1.54, 1.807) is 30.0 Å². The second kappa shape index (κ2) is 8.70. The van der Waals surface area contributed by atoms with Gasteiger partial charge in [0.25, 0.3) is 15.9 Å². The van der Waals surface area contributed by atoms with Crippen LogP contribution in [-0.4, -0.2) is 32.4 Å². The van der Waals surface area contributed by atoms with E-state index >= 15 is 0 Å². The number of nitrogens with one attached hydrogen (secondary N) is 1. The lowest BCUT2D eigenvalue weighted by molar-refractivity contribution is 0.0988. The zero-order valence-electron chi connectivity index (χ0n) is 19.5. The summed E-state index contributed by atoms with van der Waals surface area (Å²) in [5.74, 6) is -0.402. The van der Waals surface area contributed by atoms with Crippen LogP contribution in [0.3, 0.4) is 0 Å². The minimum absolute atomic E-state index is 0.00465. The third-order valence-corrected chi connectivity index (χ3v) is 8.28. The summed E-state index contributed by atoms with van der Waals surface area (Å²) in [5.41, 5.74) is 3.30. The van der Waals surface area contributed by atoms with Gasteiger partial charge in [-0.25, -0.2) is 8.42 Å². The minimum Gasteiger partial charge on any atom is -0.360 e. The van der Waals surface area contributed by atoms with Crippen molar-refractivity contribution in [3.63, 3.8) is 0 Å². The molecule has 8 heteroatoms. The first-order valence-electron chi connectivity index (χ1n) is 11.5. The van der Waals surface area contributed by atoms with Crippen molar-refractivity contribution in [1.82, 2.24) is 4.98 Å². The van der Waals surface area contributed by atoms with Crippen LogP contribution in [0, 0.1) is 6.92 Å². The Morgan fingerprint density at radius 2 is 1.86 bits per heavy atom. The Hall–Kier alpha value is -3.91. The van der Waals surface area contributed by atoms with Crippen molar-refractivity contribution in [2.75, 3.05) is 22.3 Å². The Kier molecular flexibility index (Phi) is 5.68. The molecule has 3 aromatic carbocycles. The molecule has 5 rings (SSSR count). The number of nitrogens with zero attached hydrogens (tertiary/aromatic N) is 2. The molecule has 0 spiro atoms. The maximum absolute atomic E-state index is 13.5. The van der Waals surface area contributed by atoms with Crippen LogP contribution in [0.2, 0.25) is 0 Å². The number of hydrogen-bond acceptors (Lipinski definition) is 4. The van der Waals surface area contributed by atoms with E-state index in [1.165, 1.54) is 22.6 Å². The molecule has 0 atom stereocenters. The van der Waals surface area contributed by atoms with E-state index in [0.29, 0.717) is 17.7 Å². The van der Waals surface area contributed by atoms with Gasteiger partial charge < -0.3 is 9.88 Å². The first kappa shape index (κ1) is 22.9. The quantitative estimate of drug-likeness (QED) is 0.456. The first-order valence-corrected chi connectivity index (χ1v) is 12.9. The van der Waals surface area contributed by atoms with Gasteiger partial charge in [0.15, 0.2) is 0 Å². The molecule has 0 aliphatic carbocycles. The highest BCUT2D eigenvalue weighted by molar-refractivity contribution is 7.92. The Morgan fingerprint density at radius 1 is 1.06 bits per heavy atom. The number of para-hydroxylation sites is 1. The molecule has 1 N–H and O–H groups in total. The second-order valence-corrected chi connectivity index (χ2v) is 10.4. The number of pyridine rings is 1. The average Bonchev–Trinajstić information content (AvgIpc) is 3.28. The van der Waals surface area contributed by atoms with Crippen molar-refractivity contribution in [2.45, 2.75) is 25.2 Å². The van der Waals surface area contributed by atoms with Crippen molar-refractivity contribution in [2.24, 2.45) is 0 Å². The number of amides is 1. The number of anilines is 2. The zero-order valence-corrected chi connectivity index (χ0v) is 20.3. The molecule has 2 heterocycles. The van der Waals surface area contributed by atoms with Gasteiger partial charge in [-0.15, -0.1) is 0 Å². The molecule has 35 heavy (non-hydrogen) atoms. The highest BCUT2D eigenvalue weighted by Crippen LogP contribution is 2.29. The summed E-state index contributed by atoms with van der Waals surface area (Å²) in [4.78, 5) is 31.3. The topological polar surface area (TPSA) is 90.6 Å². The molecule has 1 aliphatic rings. The van der Waals surface area contributed by atoms with Crippen LogP contribution in [-0.2, 0) is 16.4 Å². The Bertz CT molecular complexity index is 1630. The molecule has 0 unspecified atom stereocenters. The maximum Gasteiger partial charge on any atom is 0.264 e. The van der Waals surface area contributed by atoms with Crippen LogP contribution in [0.15, 0.2) is 82.6 Å². The van der Waals surface area contributed by atoms with Crippen molar-refractivity contribution in [1.29, 1.82) is 0 Å². The molecule has 178 valence electrons. The SMILES string of the molecule is CCN(c1cccc(C)c1)S(=O)(=O)c1ccc2[nH]cc(C(=O)N3CCc4ccccc43)c(=O)c2c1. The second-order valence-electron chi connectivity index (χ2n) is 8.58. The molecule has 1 aliphatic heterocycles. The molecule has 4 aromatic rings. The zero-order chi connectivity index (χ0) is 24.7.